The highest BCUT2D eigenvalue weighted by atomic mass is 35.5. The van der Waals surface area contributed by atoms with Crippen molar-refractivity contribution < 1.29 is 9.53 Å². The molecule has 136 valence electrons. The van der Waals surface area contributed by atoms with Crippen LogP contribution in [-0.4, -0.2) is 25.3 Å². The largest absolute Gasteiger partial charge is 0.454 e. The van der Waals surface area contributed by atoms with Crippen molar-refractivity contribution in [3.05, 3.63) is 84.0 Å². The van der Waals surface area contributed by atoms with Crippen LogP contribution in [0, 0.1) is 0 Å². The molecule has 1 unspecified atom stereocenters. The van der Waals surface area contributed by atoms with Crippen molar-refractivity contribution in [2.45, 2.75) is 19.2 Å². The molecule has 0 bridgehead atoms. The van der Waals surface area contributed by atoms with Crippen LogP contribution in [-0.2, 0) is 22.6 Å². The lowest BCUT2D eigenvalue weighted by Gasteiger charge is -2.19. The van der Waals surface area contributed by atoms with E-state index in [0.29, 0.717) is 11.6 Å². The summed E-state index contributed by atoms with van der Waals surface area (Å²) in [6.07, 6.45) is 4.45. The molecule has 0 spiro atoms. The molecule has 0 aliphatic rings. The number of hydrogen-bond acceptors (Lipinski definition) is 4. The maximum Gasteiger partial charge on any atom is 0.326 e. The fraction of sp³-hybridized carbons (Fsp3) is 0.150. The third-order valence-corrected chi connectivity index (χ3v) is 4.57. The van der Waals surface area contributed by atoms with Crippen LogP contribution >= 0.6 is 11.6 Å². The van der Waals surface area contributed by atoms with Crippen molar-refractivity contribution in [2.75, 3.05) is 0 Å². The number of benzene rings is 2. The topological polar surface area (TPSA) is 61.9 Å². The van der Waals surface area contributed by atoms with Crippen molar-refractivity contribution in [3.63, 3.8) is 0 Å². The Labute approximate surface area is 161 Å². The first kappa shape index (κ1) is 17.3. The lowest BCUT2D eigenvalue weighted by Crippen LogP contribution is -2.20. The quantitative estimate of drug-likeness (QED) is 0.476. The Morgan fingerprint density at radius 3 is 2.70 bits per heavy atom. The van der Waals surface area contributed by atoms with Gasteiger partial charge in [0.25, 0.3) is 0 Å². The molecule has 0 radical (unpaired) electrons. The molecule has 0 saturated heterocycles. The molecule has 2 heterocycles. The fourth-order valence-corrected chi connectivity index (χ4v) is 3.12. The summed E-state index contributed by atoms with van der Waals surface area (Å²) in [5, 5.41) is 5.82. The number of esters is 1. The van der Waals surface area contributed by atoms with Gasteiger partial charge in [-0.15, -0.1) is 0 Å². The number of hydrogen-bond donors (Lipinski definition) is 0. The number of nitrogens with zero attached hydrogens (tertiary/aromatic N) is 4. The second kappa shape index (κ2) is 7.63. The van der Waals surface area contributed by atoms with Gasteiger partial charge in [0.2, 0.25) is 0 Å². The first-order valence-corrected chi connectivity index (χ1v) is 8.88. The summed E-state index contributed by atoms with van der Waals surface area (Å²) >= 11 is 5.98. The molecule has 2 aromatic heterocycles. The van der Waals surface area contributed by atoms with Crippen LogP contribution in [0.3, 0.4) is 0 Å². The molecule has 0 saturated carbocycles. The Balaban J connectivity index is 1.53. The molecule has 4 rings (SSSR count). The molecule has 7 heteroatoms. The van der Waals surface area contributed by atoms with Crippen LogP contribution in [0.25, 0.3) is 10.9 Å². The molecule has 0 aliphatic carbocycles. The molecule has 0 aliphatic heterocycles. The Morgan fingerprint density at radius 2 is 1.93 bits per heavy atom. The maximum absolute atomic E-state index is 12.6. The molecular weight excluding hydrogens is 364 g/mol. The molecule has 0 N–H and O–H groups in total. The van der Waals surface area contributed by atoms with Gasteiger partial charge in [0.1, 0.15) is 25.3 Å². The first-order chi connectivity index (χ1) is 13.2. The molecular formula is C20H17ClN4O2. The van der Waals surface area contributed by atoms with E-state index in [0.717, 1.165) is 16.5 Å². The summed E-state index contributed by atoms with van der Waals surface area (Å²) in [6, 6.07) is 17.1. The summed E-state index contributed by atoms with van der Waals surface area (Å²) in [7, 11) is 0. The number of carbonyl (C=O) groups excluding carboxylic acids is 1. The maximum atomic E-state index is 12.6. The van der Waals surface area contributed by atoms with E-state index in [9.17, 15) is 4.79 Å². The van der Waals surface area contributed by atoms with Gasteiger partial charge in [0, 0.05) is 16.7 Å². The predicted molar refractivity (Wildman–Crippen MR) is 102 cm³/mol. The van der Waals surface area contributed by atoms with Crippen molar-refractivity contribution >= 4 is 28.5 Å². The van der Waals surface area contributed by atoms with E-state index in [-0.39, 0.29) is 12.5 Å². The number of halogens is 1. The van der Waals surface area contributed by atoms with Gasteiger partial charge in [0.15, 0.2) is 0 Å². The van der Waals surface area contributed by atoms with Crippen molar-refractivity contribution in [1.29, 1.82) is 0 Å². The Kier molecular flexibility index (Phi) is 4.89. The van der Waals surface area contributed by atoms with E-state index in [1.54, 1.807) is 23.1 Å². The van der Waals surface area contributed by atoms with Gasteiger partial charge >= 0.3 is 5.97 Å². The third kappa shape index (κ3) is 4.01. The highest BCUT2D eigenvalue weighted by molar-refractivity contribution is 6.30. The second-order valence-electron chi connectivity index (χ2n) is 6.15. The number of aromatic nitrogens is 4. The van der Waals surface area contributed by atoms with Crippen LogP contribution in [0.15, 0.2) is 73.4 Å². The van der Waals surface area contributed by atoms with E-state index in [4.69, 9.17) is 16.3 Å². The van der Waals surface area contributed by atoms with E-state index in [1.165, 1.54) is 6.33 Å². The third-order valence-electron chi connectivity index (χ3n) is 4.31. The molecule has 4 aromatic rings. The predicted octanol–water partition coefficient (Wildman–Crippen LogP) is 3.87. The van der Waals surface area contributed by atoms with Crippen molar-refractivity contribution in [1.82, 2.24) is 19.3 Å². The van der Waals surface area contributed by atoms with Crippen molar-refractivity contribution in [3.8, 4) is 0 Å². The average molecular weight is 381 g/mol. The standard InChI is InChI=1S/C20H17ClN4O2/c21-17-7-5-16(6-8-17)19(11-25-14-22-13-23-25)27-20(26)12-24-10-9-15-3-1-2-4-18(15)24/h1-10,13-14,19H,11-12H2. The summed E-state index contributed by atoms with van der Waals surface area (Å²) in [5.74, 6) is -0.323. The normalized spacial score (nSPS) is 12.2. The van der Waals surface area contributed by atoms with E-state index in [1.807, 2.05) is 53.2 Å². The summed E-state index contributed by atoms with van der Waals surface area (Å²) in [6.45, 7) is 0.509. The van der Waals surface area contributed by atoms with Crippen LogP contribution in [0.1, 0.15) is 11.7 Å². The van der Waals surface area contributed by atoms with Crippen LogP contribution in [0.2, 0.25) is 5.02 Å². The van der Waals surface area contributed by atoms with Crippen LogP contribution in [0.5, 0.6) is 0 Å². The van der Waals surface area contributed by atoms with Gasteiger partial charge in [-0.25, -0.2) is 9.67 Å². The van der Waals surface area contributed by atoms with Crippen molar-refractivity contribution in [2.24, 2.45) is 0 Å². The van der Waals surface area contributed by atoms with Gasteiger partial charge < -0.3 is 9.30 Å². The van der Waals surface area contributed by atoms with Crippen LogP contribution in [0.4, 0.5) is 0 Å². The van der Waals surface area contributed by atoms with Gasteiger partial charge in [-0.3, -0.25) is 4.79 Å². The van der Waals surface area contributed by atoms with Crippen LogP contribution < -0.4 is 0 Å². The first-order valence-electron chi connectivity index (χ1n) is 8.50. The number of rotatable bonds is 6. The van der Waals surface area contributed by atoms with Gasteiger partial charge in [-0.2, -0.15) is 5.10 Å². The molecule has 6 nitrogen and oxygen atoms in total. The Morgan fingerprint density at radius 1 is 1.11 bits per heavy atom. The smallest absolute Gasteiger partial charge is 0.326 e. The molecule has 27 heavy (non-hydrogen) atoms. The van der Waals surface area contributed by atoms with Gasteiger partial charge in [0.05, 0.1) is 6.54 Å². The lowest BCUT2D eigenvalue weighted by molar-refractivity contribution is -0.151. The SMILES string of the molecule is O=C(Cn1ccc2ccccc21)OC(Cn1cncn1)c1ccc(Cl)cc1. The zero-order valence-corrected chi connectivity index (χ0v) is 15.2. The monoisotopic (exact) mass is 380 g/mol. The van der Waals surface area contributed by atoms with E-state index in [2.05, 4.69) is 10.1 Å². The Bertz CT molecular complexity index is 1040. The minimum Gasteiger partial charge on any atom is -0.454 e. The zero-order valence-electron chi connectivity index (χ0n) is 14.4. The zero-order chi connectivity index (χ0) is 18.6. The van der Waals surface area contributed by atoms with E-state index < -0.39 is 6.10 Å². The number of fused-ring (bicyclic) bond motifs is 1. The Hall–Kier alpha value is -3.12. The van der Waals surface area contributed by atoms with Gasteiger partial charge in [-0.1, -0.05) is 41.9 Å². The molecule has 0 amide bonds. The lowest BCUT2D eigenvalue weighted by atomic mass is 10.1. The summed E-state index contributed by atoms with van der Waals surface area (Å²) in [5.41, 5.74) is 1.84. The van der Waals surface area contributed by atoms with Gasteiger partial charge in [-0.05, 0) is 35.2 Å². The highest BCUT2D eigenvalue weighted by Gasteiger charge is 2.19. The minimum atomic E-state index is -0.488. The molecule has 0 fully saturated rings. The summed E-state index contributed by atoms with van der Waals surface area (Å²) in [4.78, 5) is 16.6. The highest BCUT2D eigenvalue weighted by Crippen LogP contribution is 2.22. The number of carbonyl (C=O) groups is 1. The minimum absolute atomic E-state index is 0.134. The molecule has 1 atom stereocenters. The number of para-hydroxylation sites is 1. The second-order valence-corrected chi connectivity index (χ2v) is 6.59. The van der Waals surface area contributed by atoms with E-state index >= 15 is 0 Å². The number of ether oxygens (including phenoxy) is 1. The molecule has 2 aromatic carbocycles. The average Bonchev–Trinajstić information content (AvgIpc) is 3.32. The summed E-state index contributed by atoms with van der Waals surface area (Å²) < 4.78 is 9.30. The fourth-order valence-electron chi connectivity index (χ4n) is 3.00.